The maximum absolute atomic E-state index is 14.5. The molecule has 0 fully saturated rings. The fourth-order valence-electron chi connectivity index (χ4n) is 3.96. The van der Waals surface area contributed by atoms with Crippen LogP contribution in [0.5, 0.6) is 0 Å². The van der Waals surface area contributed by atoms with Gasteiger partial charge in [0.1, 0.15) is 11.3 Å². The summed E-state index contributed by atoms with van der Waals surface area (Å²) in [6.45, 7) is 7.82. The van der Waals surface area contributed by atoms with E-state index < -0.39 is 0 Å². The Labute approximate surface area is 197 Å². The van der Waals surface area contributed by atoms with Crippen molar-refractivity contribution in [3.8, 4) is 11.4 Å². The number of aromatic amines is 1. The maximum Gasteiger partial charge on any atom is 0.328 e. The average Bonchev–Trinajstić information content (AvgIpc) is 3.11. The van der Waals surface area contributed by atoms with E-state index in [0.29, 0.717) is 34.7 Å². The van der Waals surface area contributed by atoms with Gasteiger partial charge in [0.05, 0.1) is 18.4 Å². The predicted molar refractivity (Wildman–Crippen MR) is 134 cm³/mol. The number of H-pyrrole nitrogens is 1. The van der Waals surface area contributed by atoms with Crippen molar-refractivity contribution in [2.45, 2.75) is 26.3 Å². The molecule has 174 valence electrons. The first kappa shape index (κ1) is 23.1. The highest BCUT2D eigenvalue weighted by Crippen LogP contribution is 2.30. The van der Waals surface area contributed by atoms with Crippen LogP contribution >= 0.6 is 0 Å². The Kier molecular flexibility index (Phi) is 6.40. The molecule has 0 saturated heterocycles. The highest BCUT2D eigenvalue weighted by Gasteiger charge is 2.17. The topological polar surface area (TPSA) is 79.2 Å². The zero-order valence-electron chi connectivity index (χ0n) is 19.7. The Morgan fingerprint density at radius 2 is 1.97 bits per heavy atom. The molecule has 34 heavy (non-hydrogen) atoms. The number of halogens is 1. The highest BCUT2D eigenvalue weighted by atomic mass is 19.1. The van der Waals surface area contributed by atoms with Gasteiger partial charge in [-0.1, -0.05) is 50.2 Å². The molecule has 1 N–H and O–H groups in total. The first-order valence-electron chi connectivity index (χ1n) is 11.0. The molecule has 2 heterocycles. The van der Waals surface area contributed by atoms with Gasteiger partial charge in [0.2, 0.25) is 0 Å². The molecule has 0 bridgehead atoms. The third kappa shape index (κ3) is 4.52. The average molecular weight is 459 g/mol. The van der Waals surface area contributed by atoms with Crippen molar-refractivity contribution in [2.24, 2.45) is 4.99 Å². The second-order valence-electron chi connectivity index (χ2n) is 8.64. The summed E-state index contributed by atoms with van der Waals surface area (Å²) in [6.07, 6.45) is 3.46. The molecule has 0 atom stereocenters. The predicted octanol–water partition coefficient (Wildman–Crippen LogP) is 4.66. The van der Waals surface area contributed by atoms with Crippen LogP contribution in [0.25, 0.3) is 28.2 Å². The van der Waals surface area contributed by atoms with E-state index in [-0.39, 0.29) is 17.4 Å². The van der Waals surface area contributed by atoms with Crippen LogP contribution in [0.4, 0.5) is 4.39 Å². The van der Waals surface area contributed by atoms with Crippen LogP contribution < -0.4 is 5.69 Å². The number of benzene rings is 2. The van der Waals surface area contributed by atoms with Crippen molar-refractivity contribution < 1.29 is 4.39 Å². The first-order chi connectivity index (χ1) is 16.3. The molecule has 7 nitrogen and oxygen atoms in total. The number of hydrogen-bond donors (Lipinski definition) is 1. The smallest absolute Gasteiger partial charge is 0.328 e. The second-order valence-corrected chi connectivity index (χ2v) is 8.64. The quantitative estimate of drug-likeness (QED) is 0.409. The Balaban J connectivity index is 1.73. The summed E-state index contributed by atoms with van der Waals surface area (Å²) >= 11 is 0. The van der Waals surface area contributed by atoms with Crippen LogP contribution in [-0.2, 0) is 6.54 Å². The summed E-state index contributed by atoms with van der Waals surface area (Å²) in [5, 5.41) is 0. The van der Waals surface area contributed by atoms with Crippen molar-refractivity contribution in [1.29, 1.82) is 0 Å². The van der Waals surface area contributed by atoms with E-state index in [4.69, 9.17) is 0 Å². The molecule has 0 spiro atoms. The lowest BCUT2D eigenvalue weighted by Gasteiger charge is -2.13. The summed E-state index contributed by atoms with van der Waals surface area (Å²) in [7, 11) is 3.85. The molecule has 0 aliphatic rings. The number of nitrogens with one attached hydrogen (secondary N) is 1. The number of nitrogens with zero attached hydrogens (tertiary/aromatic N) is 5. The van der Waals surface area contributed by atoms with Gasteiger partial charge in [0, 0.05) is 37.0 Å². The molecule has 0 aliphatic carbocycles. The lowest BCUT2D eigenvalue weighted by molar-refractivity contribution is 0.565. The summed E-state index contributed by atoms with van der Waals surface area (Å²) < 4.78 is 16.1. The molecule has 0 unspecified atom stereocenters. The van der Waals surface area contributed by atoms with Crippen LogP contribution in [0.2, 0.25) is 0 Å². The van der Waals surface area contributed by atoms with Crippen LogP contribution in [-0.4, -0.2) is 45.2 Å². The summed E-state index contributed by atoms with van der Waals surface area (Å²) in [5.74, 6) is 0.0488. The van der Waals surface area contributed by atoms with Gasteiger partial charge in [0.15, 0.2) is 11.5 Å². The summed E-state index contributed by atoms with van der Waals surface area (Å²) in [4.78, 5) is 30.6. The molecule has 0 saturated carbocycles. The molecule has 0 aliphatic heterocycles. The fourth-order valence-corrected chi connectivity index (χ4v) is 3.96. The van der Waals surface area contributed by atoms with Crippen molar-refractivity contribution in [2.75, 3.05) is 14.1 Å². The molecule has 8 heteroatoms. The van der Waals surface area contributed by atoms with Crippen molar-refractivity contribution in [3.05, 3.63) is 87.9 Å². The number of imidazole rings is 1. The Bertz CT molecular complexity index is 1430. The van der Waals surface area contributed by atoms with E-state index in [2.05, 4.69) is 26.7 Å². The van der Waals surface area contributed by atoms with Crippen LogP contribution in [0.1, 0.15) is 36.5 Å². The molecule has 0 amide bonds. The van der Waals surface area contributed by atoms with Gasteiger partial charge < -0.3 is 9.88 Å². The number of rotatable bonds is 7. The van der Waals surface area contributed by atoms with E-state index in [1.807, 2.05) is 63.3 Å². The van der Waals surface area contributed by atoms with E-state index in [1.165, 1.54) is 6.07 Å². The van der Waals surface area contributed by atoms with Gasteiger partial charge in [-0.15, -0.1) is 0 Å². The molecular formula is C26H27FN6O. The minimum absolute atomic E-state index is 0.0427. The summed E-state index contributed by atoms with van der Waals surface area (Å²) in [5.41, 5.74) is 4.50. The van der Waals surface area contributed by atoms with E-state index in [1.54, 1.807) is 22.9 Å². The van der Waals surface area contributed by atoms with Crippen LogP contribution in [0, 0.1) is 5.82 Å². The van der Waals surface area contributed by atoms with Crippen LogP contribution in [0.15, 0.2) is 64.6 Å². The largest absolute Gasteiger partial charge is 0.382 e. The highest BCUT2D eigenvalue weighted by molar-refractivity contribution is 5.74. The third-order valence-electron chi connectivity index (χ3n) is 5.52. The Morgan fingerprint density at radius 3 is 2.62 bits per heavy atom. The number of aromatic nitrogens is 4. The maximum atomic E-state index is 14.5. The van der Waals surface area contributed by atoms with Crippen LogP contribution in [0.3, 0.4) is 0 Å². The number of hydrogen-bond acceptors (Lipinski definition) is 5. The zero-order valence-corrected chi connectivity index (χ0v) is 19.7. The lowest BCUT2D eigenvalue weighted by Crippen LogP contribution is -2.17. The van der Waals surface area contributed by atoms with Gasteiger partial charge in [0.25, 0.3) is 0 Å². The SMILES string of the molecule is C=N/C(=C\N(C)C)c1ccc(Cn2c(=O)[nH]c3cnc(-c4cccc(F)c4C(C)C)nc32)cc1. The van der Waals surface area contributed by atoms with Gasteiger partial charge in [-0.2, -0.15) is 0 Å². The zero-order chi connectivity index (χ0) is 24.4. The van der Waals surface area contributed by atoms with E-state index in [9.17, 15) is 9.18 Å². The second kappa shape index (κ2) is 9.43. The van der Waals surface area contributed by atoms with Gasteiger partial charge in [-0.3, -0.25) is 9.56 Å². The minimum Gasteiger partial charge on any atom is -0.382 e. The normalized spacial score (nSPS) is 11.9. The first-order valence-corrected chi connectivity index (χ1v) is 11.0. The van der Waals surface area contributed by atoms with Crippen molar-refractivity contribution in [1.82, 2.24) is 24.4 Å². The van der Waals surface area contributed by atoms with E-state index in [0.717, 1.165) is 16.8 Å². The van der Waals surface area contributed by atoms with Crippen molar-refractivity contribution in [3.63, 3.8) is 0 Å². The fraction of sp³-hybridized carbons (Fsp3) is 0.231. The number of fused-ring (bicyclic) bond motifs is 1. The number of aliphatic imine (C=N–C) groups is 1. The molecule has 0 radical (unpaired) electrons. The summed E-state index contributed by atoms with van der Waals surface area (Å²) in [6, 6.07) is 12.7. The van der Waals surface area contributed by atoms with Gasteiger partial charge >= 0.3 is 5.69 Å². The van der Waals surface area contributed by atoms with Gasteiger partial charge in [-0.25, -0.2) is 19.2 Å². The molecule has 2 aromatic carbocycles. The van der Waals surface area contributed by atoms with Crippen molar-refractivity contribution >= 4 is 23.6 Å². The standard InChI is InChI=1S/C26H27FN6O/c1-16(2)23-19(7-6-8-20(23)27)24-29-13-21-25(31-24)33(26(34)30-21)14-17-9-11-18(12-10-17)22(28-3)15-32(4)5/h6-13,15-16H,3,14H2,1-2,4-5H3,(H,30,34)/b22-15-. The Morgan fingerprint density at radius 1 is 1.24 bits per heavy atom. The molecule has 2 aromatic heterocycles. The molecule has 4 rings (SSSR count). The lowest BCUT2D eigenvalue weighted by atomic mass is 9.96. The molecular weight excluding hydrogens is 431 g/mol. The molecule has 4 aromatic rings. The minimum atomic E-state index is -0.292. The third-order valence-corrected chi connectivity index (χ3v) is 5.52. The van der Waals surface area contributed by atoms with E-state index >= 15 is 0 Å². The monoisotopic (exact) mass is 458 g/mol. The Hall–Kier alpha value is -4.07. The van der Waals surface area contributed by atoms with Gasteiger partial charge in [-0.05, 0) is 24.3 Å².